The van der Waals surface area contributed by atoms with Crippen LogP contribution in [0, 0.1) is 35.4 Å². The molecule has 1 aromatic rings. The number of anilines is 1. The molecular weight excluding hydrogens is 379 g/mol. The summed E-state index contributed by atoms with van der Waals surface area (Å²) in [4.78, 5) is 21.7. The highest BCUT2D eigenvalue weighted by Gasteiger charge is 2.52. The Morgan fingerprint density at radius 3 is 2.20 bits per heavy atom. The smallest absolute Gasteiger partial charge is 0.317 e. The van der Waals surface area contributed by atoms with Crippen molar-refractivity contribution < 1.29 is 9.18 Å². The maximum absolute atomic E-state index is 14.2. The normalized spacial score (nSPS) is 39.7. The van der Waals surface area contributed by atoms with Crippen LogP contribution in [-0.4, -0.2) is 47.6 Å². The molecule has 6 aliphatic rings. The number of pyridine rings is 1. The van der Waals surface area contributed by atoms with E-state index in [9.17, 15) is 9.18 Å². The number of urea groups is 1. The minimum absolute atomic E-state index is 0.0871. The van der Waals surface area contributed by atoms with E-state index >= 15 is 0 Å². The Balaban J connectivity index is 1.08. The molecule has 2 aliphatic heterocycles. The second kappa shape index (κ2) is 7.10. The number of nitrogens with zero attached hydrogens (tertiary/aromatic N) is 3. The van der Waals surface area contributed by atoms with Crippen LogP contribution in [0.2, 0.25) is 0 Å². The molecule has 2 amide bonds. The number of aromatic nitrogens is 1. The van der Waals surface area contributed by atoms with E-state index in [1.165, 1.54) is 44.6 Å². The quantitative estimate of drug-likeness (QED) is 0.797. The van der Waals surface area contributed by atoms with Gasteiger partial charge in [-0.15, -0.1) is 0 Å². The van der Waals surface area contributed by atoms with Crippen LogP contribution in [-0.2, 0) is 0 Å². The summed E-state index contributed by atoms with van der Waals surface area (Å²) in [6.45, 7) is 3.34. The van der Waals surface area contributed by atoms with Crippen molar-refractivity contribution in [3.8, 4) is 0 Å². The summed E-state index contributed by atoms with van der Waals surface area (Å²) in [5.41, 5.74) is 0.0871. The summed E-state index contributed by atoms with van der Waals surface area (Å²) >= 11 is 0. The predicted octanol–water partition coefficient (Wildman–Crippen LogP) is 4.05. The van der Waals surface area contributed by atoms with Crippen LogP contribution in [0.1, 0.15) is 51.4 Å². The highest BCUT2D eigenvalue weighted by Crippen LogP contribution is 2.55. The van der Waals surface area contributed by atoms with Crippen LogP contribution in [0.5, 0.6) is 0 Å². The van der Waals surface area contributed by atoms with Crippen molar-refractivity contribution in [2.24, 2.45) is 29.6 Å². The molecular formula is C24H33FN4O. The maximum Gasteiger partial charge on any atom is 0.317 e. The number of carbonyl (C=O) groups is 1. The molecule has 4 bridgehead atoms. The van der Waals surface area contributed by atoms with E-state index in [0.29, 0.717) is 17.7 Å². The first-order valence-corrected chi connectivity index (χ1v) is 12.0. The summed E-state index contributed by atoms with van der Waals surface area (Å²) in [5, 5.41) is 3.55. The fourth-order valence-electron chi connectivity index (χ4n) is 7.91. The van der Waals surface area contributed by atoms with E-state index in [-0.39, 0.29) is 17.4 Å². The fourth-order valence-corrected chi connectivity index (χ4v) is 7.91. The van der Waals surface area contributed by atoms with Gasteiger partial charge in [-0.3, -0.25) is 0 Å². The van der Waals surface area contributed by atoms with Gasteiger partial charge in [0.25, 0.3) is 0 Å². The number of rotatable bonds is 2. The zero-order chi connectivity index (χ0) is 20.3. The van der Waals surface area contributed by atoms with Gasteiger partial charge in [0.1, 0.15) is 0 Å². The zero-order valence-corrected chi connectivity index (χ0v) is 17.7. The largest absolute Gasteiger partial charge is 0.354 e. The minimum Gasteiger partial charge on any atom is -0.354 e. The number of hydrogen-bond acceptors (Lipinski definition) is 3. The number of nitrogens with one attached hydrogen (secondary N) is 1. The van der Waals surface area contributed by atoms with E-state index in [2.05, 4.69) is 20.1 Å². The van der Waals surface area contributed by atoms with Gasteiger partial charge < -0.3 is 15.1 Å². The third-order valence-corrected chi connectivity index (χ3v) is 8.85. The number of amides is 2. The van der Waals surface area contributed by atoms with Gasteiger partial charge in [0.2, 0.25) is 0 Å². The van der Waals surface area contributed by atoms with Gasteiger partial charge in [-0.25, -0.2) is 14.2 Å². The molecule has 2 atom stereocenters. The van der Waals surface area contributed by atoms with Crippen LogP contribution in [0.3, 0.4) is 0 Å². The van der Waals surface area contributed by atoms with Crippen molar-refractivity contribution in [1.82, 2.24) is 15.2 Å². The molecule has 4 aliphatic carbocycles. The maximum atomic E-state index is 14.2. The van der Waals surface area contributed by atoms with E-state index in [1.54, 1.807) is 12.3 Å². The third-order valence-electron chi connectivity index (χ3n) is 8.85. The molecule has 5 nitrogen and oxygen atoms in total. The Hall–Kier alpha value is -1.85. The number of fused-ring (bicyclic) bond motifs is 1. The van der Waals surface area contributed by atoms with E-state index < -0.39 is 0 Å². The first-order chi connectivity index (χ1) is 14.6. The van der Waals surface area contributed by atoms with Crippen LogP contribution in [0.15, 0.2) is 18.3 Å². The summed E-state index contributed by atoms with van der Waals surface area (Å²) in [6, 6.07) is 3.31. The lowest BCUT2D eigenvalue weighted by molar-refractivity contribution is -0.0154. The highest BCUT2D eigenvalue weighted by molar-refractivity contribution is 5.75. The average molecular weight is 413 g/mol. The second-order valence-electron chi connectivity index (χ2n) is 10.9. The van der Waals surface area contributed by atoms with Crippen LogP contribution >= 0.6 is 0 Å². The van der Waals surface area contributed by atoms with Crippen LogP contribution in [0.4, 0.5) is 15.0 Å². The van der Waals surface area contributed by atoms with Gasteiger partial charge in [-0.05, 0) is 93.1 Å². The van der Waals surface area contributed by atoms with Gasteiger partial charge in [0, 0.05) is 37.9 Å². The Bertz CT molecular complexity index is 778. The molecule has 30 heavy (non-hydrogen) atoms. The number of carbonyl (C=O) groups excluding carboxylic acids is 1. The molecule has 0 radical (unpaired) electrons. The third kappa shape index (κ3) is 3.27. The van der Waals surface area contributed by atoms with Gasteiger partial charge in [0.15, 0.2) is 11.6 Å². The number of halogens is 1. The van der Waals surface area contributed by atoms with Crippen molar-refractivity contribution in [3.05, 3.63) is 24.1 Å². The summed E-state index contributed by atoms with van der Waals surface area (Å²) < 4.78 is 14.2. The molecule has 162 valence electrons. The standard InChI is InChI=1S/C24H33FN4O/c25-21-2-1-5-26-22(21)28-6-3-19-14-29(15-20(19)4-7-28)23(30)27-24-11-16-8-17(12-24)10-18(9-16)13-24/h1-2,5,16-20H,3-4,6-15H2,(H,27,30)/t16?,17?,18?,19-,20+,24?. The molecule has 1 N–H and O–H groups in total. The molecule has 6 heteroatoms. The molecule has 6 fully saturated rings. The highest BCUT2D eigenvalue weighted by atomic mass is 19.1. The lowest BCUT2D eigenvalue weighted by atomic mass is 9.53. The van der Waals surface area contributed by atoms with Gasteiger partial charge >= 0.3 is 6.03 Å². The van der Waals surface area contributed by atoms with Crippen molar-refractivity contribution >= 4 is 11.8 Å². The predicted molar refractivity (Wildman–Crippen MR) is 114 cm³/mol. The molecule has 7 rings (SSSR count). The fraction of sp³-hybridized carbons (Fsp3) is 0.750. The molecule has 2 saturated heterocycles. The van der Waals surface area contributed by atoms with E-state index in [4.69, 9.17) is 0 Å². The van der Waals surface area contributed by atoms with Gasteiger partial charge in [-0.2, -0.15) is 0 Å². The number of hydrogen-bond donors (Lipinski definition) is 1. The summed E-state index contributed by atoms with van der Waals surface area (Å²) in [7, 11) is 0. The van der Waals surface area contributed by atoms with Crippen molar-refractivity contribution in [2.45, 2.75) is 56.9 Å². The Labute approximate surface area is 178 Å². The average Bonchev–Trinajstić information content (AvgIpc) is 3.01. The molecule has 0 unspecified atom stereocenters. The van der Waals surface area contributed by atoms with Crippen molar-refractivity contribution in [1.29, 1.82) is 0 Å². The summed E-state index contributed by atoms with van der Waals surface area (Å²) in [5.74, 6) is 3.82. The second-order valence-corrected chi connectivity index (χ2v) is 10.9. The molecule has 1 aromatic heterocycles. The Morgan fingerprint density at radius 2 is 1.63 bits per heavy atom. The first-order valence-electron chi connectivity index (χ1n) is 12.0. The Kier molecular flexibility index (Phi) is 4.47. The van der Waals surface area contributed by atoms with E-state index in [0.717, 1.165) is 56.8 Å². The summed E-state index contributed by atoms with van der Waals surface area (Å²) in [6.07, 6.45) is 11.5. The van der Waals surface area contributed by atoms with Crippen LogP contribution in [0.25, 0.3) is 0 Å². The van der Waals surface area contributed by atoms with Crippen molar-refractivity contribution in [3.63, 3.8) is 0 Å². The zero-order valence-electron chi connectivity index (χ0n) is 17.7. The molecule has 0 aromatic carbocycles. The van der Waals surface area contributed by atoms with Crippen LogP contribution < -0.4 is 10.2 Å². The first kappa shape index (κ1) is 18.9. The lowest BCUT2D eigenvalue weighted by Crippen LogP contribution is -2.61. The van der Waals surface area contributed by atoms with Gasteiger partial charge in [0.05, 0.1) is 0 Å². The topological polar surface area (TPSA) is 48.5 Å². The minimum atomic E-state index is -0.235. The molecule has 0 spiro atoms. The SMILES string of the molecule is O=C(NC12CC3CC(CC(C3)C1)C2)N1C[C@H]2CCN(c3ncccc3F)CC[C@H]2C1. The van der Waals surface area contributed by atoms with Crippen molar-refractivity contribution in [2.75, 3.05) is 31.1 Å². The number of likely N-dealkylation sites (tertiary alicyclic amines) is 1. The molecule has 3 heterocycles. The Morgan fingerprint density at radius 1 is 1.03 bits per heavy atom. The molecule has 4 saturated carbocycles. The van der Waals surface area contributed by atoms with E-state index in [1.807, 2.05) is 0 Å². The lowest BCUT2D eigenvalue weighted by Gasteiger charge is -2.57. The monoisotopic (exact) mass is 412 g/mol. The van der Waals surface area contributed by atoms with Gasteiger partial charge in [-0.1, -0.05) is 0 Å².